The van der Waals surface area contributed by atoms with Gasteiger partial charge < -0.3 is 5.32 Å². The van der Waals surface area contributed by atoms with Gasteiger partial charge in [0.2, 0.25) is 10.0 Å². The van der Waals surface area contributed by atoms with E-state index >= 15 is 0 Å². The van der Waals surface area contributed by atoms with Crippen LogP contribution in [0.1, 0.15) is 25.5 Å². The molecular weight excluding hydrogens is 288 g/mol. The number of aryl methyl sites for hydroxylation is 1. The van der Waals surface area contributed by atoms with E-state index in [-0.39, 0.29) is 10.9 Å². The van der Waals surface area contributed by atoms with Crippen molar-refractivity contribution in [3.8, 4) is 0 Å². The first kappa shape index (κ1) is 15.5. The third-order valence-corrected chi connectivity index (χ3v) is 4.69. The molecule has 114 valence electrons. The van der Waals surface area contributed by atoms with Gasteiger partial charge in [0.05, 0.1) is 17.1 Å². The molecule has 2 N–H and O–H groups in total. The van der Waals surface area contributed by atoms with Crippen molar-refractivity contribution < 1.29 is 8.42 Å². The van der Waals surface area contributed by atoms with Crippen LogP contribution in [0, 0.1) is 0 Å². The number of anilines is 1. The molecule has 21 heavy (non-hydrogen) atoms. The van der Waals surface area contributed by atoms with Crippen LogP contribution in [-0.4, -0.2) is 25.2 Å². The molecule has 6 nitrogen and oxygen atoms in total. The summed E-state index contributed by atoms with van der Waals surface area (Å²) in [7, 11) is -2.03. The molecule has 0 spiro atoms. The number of benzene rings is 1. The molecule has 0 radical (unpaired) electrons. The molecule has 0 bridgehead atoms. The number of aromatic nitrogens is 2. The molecule has 7 heteroatoms. The molecule has 0 amide bonds. The minimum absolute atomic E-state index is 0.0397. The van der Waals surface area contributed by atoms with Crippen LogP contribution in [0.25, 0.3) is 0 Å². The smallest absolute Gasteiger partial charge is 0.240 e. The van der Waals surface area contributed by atoms with Crippen LogP contribution in [0.4, 0.5) is 5.69 Å². The van der Waals surface area contributed by atoms with E-state index in [1.54, 1.807) is 18.2 Å². The topological polar surface area (TPSA) is 76.0 Å². The van der Waals surface area contributed by atoms with Gasteiger partial charge in [0.1, 0.15) is 0 Å². The summed E-state index contributed by atoms with van der Waals surface area (Å²) in [5.41, 5.74) is 1.81. The Morgan fingerprint density at radius 1 is 1.38 bits per heavy atom. The minimum atomic E-state index is -3.43. The van der Waals surface area contributed by atoms with Crippen molar-refractivity contribution in [1.82, 2.24) is 14.5 Å². The van der Waals surface area contributed by atoms with E-state index < -0.39 is 10.0 Å². The van der Waals surface area contributed by atoms with Crippen LogP contribution in [0.5, 0.6) is 0 Å². The highest BCUT2D eigenvalue weighted by Crippen LogP contribution is 2.21. The van der Waals surface area contributed by atoms with Gasteiger partial charge in [-0.2, -0.15) is 5.10 Å². The zero-order chi connectivity index (χ0) is 15.5. The maximum atomic E-state index is 11.8. The van der Waals surface area contributed by atoms with Crippen LogP contribution in [-0.2, 0) is 16.6 Å². The summed E-state index contributed by atoms with van der Waals surface area (Å²) in [6.07, 6.45) is 3.79. The van der Waals surface area contributed by atoms with Crippen molar-refractivity contribution in [3.63, 3.8) is 0 Å². The average molecular weight is 308 g/mol. The second-order valence-electron chi connectivity index (χ2n) is 4.73. The lowest BCUT2D eigenvalue weighted by molar-refractivity contribution is 0.588. The summed E-state index contributed by atoms with van der Waals surface area (Å²) in [6, 6.07) is 6.78. The first-order valence-corrected chi connectivity index (χ1v) is 8.27. The summed E-state index contributed by atoms with van der Waals surface area (Å²) >= 11 is 0. The first-order valence-electron chi connectivity index (χ1n) is 6.78. The predicted molar refractivity (Wildman–Crippen MR) is 82.6 cm³/mol. The van der Waals surface area contributed by atoms with Gasteiger partial charge in [-0.25, -0.2) is 13.1 Å². The summed E-state index contributed by atoms with van der Waals surface area (Å²) in [5.74, 6) is 0. The van der Waals surface area contributed by atoms with E-state index in [0.29, 0.717) is 0 Å². The summed E-state index contributed by atoms with van der Waals surface area (Å²) in [6.45, 7) is 4.86. The Morgan fingerprint density at radius 2 is 2.14 bits per heavy atom. The molecule has 2 aromatic rings. The standard InChI is InChI=1S/C14H20N4O2S/c1-4-18-10-12(9-16-18)11(2)17-13-6-5-7-14(8-13)21(19,20)15-3/h5-11,15,17H,4H2,1-3H3. The number of hydrogen-bond acceptors (Lipinski definition) is 4. The Labute approximate surface area is 125 Å². The van der Waals surface area contributed by atoms with Crippen molar-refractivity contribution in [2.45, 2.75) is 31.3 Å². The van der Waals surface area contributed by atoms with Crippen LogP contribution in [0.2, 0.25) is 0 Å². The van der Waals surface area contributed by atoms with E-state index in [9.17, 15) is 8.42 Å². The third-order valence-electron chi connectivity index (χ3n) is 3.27. The number of rotatable bonds is 6. The molecular formula is C14H20N4O2S. The molecule has 1 aromatic heterocycles. The zero-order valence-corrected chi connectivity index (χ0v) is 13.2. The maximum Gasteiger partial charge on any atom is 0.240 e. The van der Waals surface area contributed by atoms with Crippen LogP contribution < -0.4 is 10.0 Å². The van der Waals surface area contributed by atoms with Crippen LogP contribution >= 0.6 is 0 Å². The Bertz CT molecular complexity index is 709. The lowest BCUT2D eigenvalue weighted by atomic mass is 10.2. The van der Waals surface area contributed by atoms with Gasteiger partial charge in [0.15, 0.2) is 0 Å². The SMILES string of the molecule is CCn1cc(C(C)Nc2cccc(S(=O)(=O)NC)c2)cn1. The lowest BCUT2D eigenvalue weighted by Crippen LogP contribution is -2.18. The summed E-state index contributed by atoms with van der Waals surface area (Å²) in [5, 5.41) is 7.52. The molecule has 2 rings (SSSR count). The molecule has 0 fully saturated rings. The normalized spacial score (nSPS) is 13.1. The molecule has 1 aromatic carbocycles. The van der Waals surface area contributed by atoms with Crippen LogP contribution in [0.3, 0.4) is 0 Å². The van der Waals surface area contributed by atoms with Gasteiger partial charge in [-0.15, -0.1) is 0 Å². The fourth-order valence-electron chi connectivity index (χ4n) is 1.98. The monoisotopic (exact) mass is 308 g/mol. The largest absolute Gasteiger partial charge is 0.378 e. The molecule has 0 aliphatic carbocycles. The van der Waals surface area contributed by atoms with Crippen LogP contribution in [0.15, 0.2) is 41.6 Å². The van der Waals surface area contributed by atoms with Crippen molar-refractivity contribution >= 4 is 15.7 Å². The number of sulfonamides is 1. The van der Waals surface area contributed by atoms with Gasteiger partial charge >= 0.3 is 0 Å². The number of nitrogens with zero attached hydrogens (tertiary/aromatic N) is 2. The average Bonchev–Trinajstić information content (AvgIpc) is 2.96. The third kappa shape index (κ3) is 3.62. The van der Waals surface area contributed by atoms with Crippen molar-refractivity contribution in [1.29, 1.82) is 0 Å². The fourth-order valence-corrected chi connectivity index (χ4v) is 2.76. The fraction of sp³-hybridized carbons (Fsp3) is 0.357. The highest BCUT2D eigenvalue weighted by Gasteiger charge is 2.13. The number of nitrogens with one attached hydrogen (secondary N) is 2. The highest BCUT2D eigenvalue weighted by atomic mass is 32.2. The Hall–Kier alpha value is -1.86. The quantitative estimate of drug-likeness (QED) is 0.855. The van der Waals surface area contributed by atoms with E-state index in [0.717, 1.165) is 17.8 Å². The molecule has 0 saturated carbocycles. The minimum Gasteiger partial charge on any atom is -0.378 e. The van der Waals surface area contributed by atoms with Gasteiger partial charge in [0.25, 0.3) is 0 Å². The first-order chi connectivity index (χ1) is 9.96. The Balaban J connectivity index is 2.18. The van der Waals surface area contributed by atoms with Crippen molar-refractivity contribution in [2.24, 2.45) is 0 Å². The molecule has 0 saturated heterocycles. The zero-order valence-electron chi connectivity index (χ0n) is 12.4. The molecule has 1 heterocycles. The van der Waals surface area contributed by atoms with E-state index in [2.05, 4.69) is 15.1 Å². The van der Waals surface area contributed by atoms with Crippen molar-refractivity contribution in [2.75, 3.05) is 12.4 Å². The maximum absolute atomic E-state index is 11.8. The van der Waals surface area contributed by atoms with E-state index in [1.807, 2.05) is 37.0 Å². The molecule has 0 aliphatic rings. The Morgan fingerprint density at radius 3 is 2.76 bits per heavy atom. The van der Waals surface area contributed by atoms with E-state index in [4.69, 9.17) is 0 Å². The Kier molecular flexibility index (Phi) is 4.64. The van der Waals surface area contributed by atoms with Gasteiger partial charge in [-0.1, -0.05) is 6.07 Å². The summed E-state index contributed by atoms with van der Waals surface area (Å²) < 4.78 is 27.8. The molecule has 1 atom stereocenters. The highest BCUT2D eigenvalue weighted by molar-refractivity contribution is 7.89. The second-order valence-corrected chi connectivity index (χ2v) is 6.62. The van der Waals surface area contributed by atoms with E-state index in [1.165, 1.54) is 7.05 Å². The van der Waals surface area contributed by atoms with Gasteiger partial charge in [0, 0.05) is 24.0 Å². The van der Waals surface area contributed by atoms with Gasteiger partial charge in [-0.05, 0) is 39.1 Å². The second kappa shape index (κ2) is 6.28. The lowest BCUT2D eigenvalue weighted by Gasteiger charge is -2.14. The number of hydrogen-bond donors (Lipinski definition) is 2. The summed E-state index contributed by atoms with van der Waals surface area (Å²) in [4.78, 5) is 0.242. The van der Waals surface area contributed by atoms with Crippen molar-refractivity contribution in [3.05, 3.63) is 42.2 Å². The van der Waals surface area contributed by atoms with Gasteiger partial charge in [-0.3, -0.25) is 4.68 Å². The molecule has 1 unspecified atom stereocenters. The predicted octanol–water partition coefficient (Wildman–Crippen LogP) is 1.98. The molecule has 0 aliphatic heterocycles.